The summed E-state index contributed by atoms with van der Waals surface area (Å²) >= 11 is 0. The van der Waals surface area contributed by atoms with E-state index >= 15 is 0 Å². The molecule has 0 bridgehead atoms. The first-order valence-corrected chi connectivity index (χ1v) is 7.55. The summed E-state index contributed by atoms with van der Waals surface area (Å²) in [6.07, 6.45) is 4.67. The van der Waals surface area contributed by atoms with Crippen molar-refractivity contribution < 1.29 is 4.79 Å². The van der Waals surface area contributed by atoms with Crippen molar-refractivity contribution in [1.29, 1.82) is 0 Å². The van der Waals surface area contributed by atoms with E-state index in [9.17, 15) is 4.79 Å². The monoisotopic (exact) mass is 293 g/mol. The average molecular weight is 293 g/mol. The van der Waals surface area contributed by atoms with Crippen LogP contribution in [-0.4, -0.2) is 22.2 Å². The van der Waals surface area contributed by atoms with Crippen molar-refractivity contribution in [3.05, 3.63) is 54.9 Å². The first kappa shape index (κ1) is 14.3. The Balaban J connectivity index is 1.85. The number of benzene rings is 2. The van der Waals surface area contributed by atoms with Crippen molar-refractivity contribution in [1.82, 2.24) is 15.1 Å². The van der Waals surface area contributed by atoms with E-state index in [1.807, 2.05) is 37.5 Å². The predicted octanol–water partition coefficient (Wildman–Crippen LogP) is 3.23. The number of rotatable bonds is 5. The van der Waals surface area contributed by atoms with Crippen molar-refractivity contribution in [3.8, 4) is 11.1 Å². The summed E-state index contributed by atoms with van der Waals surface area (Å²) in [5.74, 6) is -0.00517. The molecule has 1 heterocycles. The van der Waals surface area contributed by atoms with E-state index in [1.165, 1.54) is 10.8 Å². The maximum atomic E-state index is 11.8. The van der Waals surface area contributed by atoms with Crippen LogP contribution in [0.1, 0.15) is 13.3 Å². The van der Waals surface area contributed by atoms with Gasteiger partial charge in [0.1, 0.15) is 6.54 Å². The molecule has 2 aromatic carbocycles. The predicted molar refractivity (Wildman–Crippen MR) is 88.5 cm³/mol. The van der Waals surface area contributed by atoms with E-state index in [1.54, 1.807) is 4.68 Å². The summed E-state index contributed by atoms with van der Waals surface area (Å²) in [4.78, 5) is 11.8. The molecule has 0 aliphatic heterocycles. The number of carbonyl (C=O) groups excluding carboxylic acids is 1. The van der Waals surface area contributed by atoms with Crippen LogP contribution in [-0.2, 0) is 11.3 Å². The standard InChI is InChI=1S/C18H19N3O/c1-2-10-19-18(22)13-21-12-15(11-20-21)17-9-5-7-14-6-3-4-8-16(14)17/h3-9,11-12H,2,10,13H2,1H3,(H,19,22). The highest BCUT2D eigenvalue weighted by atomic mass is 16.2. The third-order valence-corrected chi connectivity index (χ3v) is 3.61. The Morgan fingerprint density at radius 1 is 1.18 bits per heavy atom. The summed E-state index contributed by atoms with van der Waals surface area (Å²) in [5, 5.41) is 9.56. The van der Waals surface area contributed by atoms with Crippen LogP contribution in [0.4, 0.5) is 0 Å². The van der Waals surface area contributed by atoms with Gasteiger partial charge in [-0.2, -0.15) is 5.10 Å². The number of amides is 1. The highest BCUT2D eigenvalue weighted by Gasteiger charge is 2.08. The lowest BCUT2D eigenvalue weighted by atomic mass is 10.0. The highest BCUT2D eigenvalue weighted by Crippen LogP contribution is 2.27. The minimum Gasteiger partial charge on any atom is -0.355 e. The first-order valence-electron chi connectivity index (χ1n) is 7.55. The van der Waals surface area contributed by atoms with Crippen LogP contribution in [0.15, 0.2) is 54.9 Å². The second kappa shape index (κ2) is 6.43. The molecule has 0 fully saturated rings. The molecule has 1 amide bonds. The smallest absolute Gasteiger partial charge is 0.241 e. The van der Waals surface area contributed by atoms with Gasteiger partial charge in [-0.25, -0.2) is 0 Å². The molecule has 1 N–H and O–H groups in total. The lowest BCUT2D eigenvalue weighted by Gasteiger charge is -2.04. The van der Waals surface area contributed by atoms with Crippen molar-refractivity contribution in [3.63, 3.8) is 0 Å². The third kappa shape index (κ3) is 3.01. The zero-order chi connectivity index (χ0) is 15.4. The Morgan fingerprint density at radius 2 is 2.00 bits per heavy atom. The fourth-order valence-electron chi connectivity index (χ4n) is 2.53. The van der Waals surface area contributed by atoms with Gasteiger partial charge in [0, 0.05) is 18.3 Å². The first-order chi connectivity index (χ1) is 10.8. The zero-order valence-corrected chi connectivity index (χ0v) is 12.6. The van der Waals surface area contributed by atoms with Crippen LogP contribution in [0.5, 0.6) is 0 Å². The minimum atomic E-state index is -0.00517. The van der Waals surface area contributed by atoms with E-state index in [4.69, 9.17) is 0 Å². The van der Waals surface area contributed by atoms with Gasteiger partial charge in [-0.15, -0.1) is 0 Å². The molecule has 0 saturated carbocycles. The lowest BCUT2D eigenvalue weighted by molar-refractivity contribution is -0.121. The van der Waals surface area contributed by atoms with Gasteiger partial charge in [-0.1, -0.05) is 49.4 Å². The number of aromatic nitrogens is 2. The van der Waals surface area contributed by atoms with Crippen molar-refractivity contribution in [2.45, 2.75) is 19.9 Å². The summed E-state index contributed by atoms with van der Waals surface area (Å²) < 4.78 is 1.68. The van der Waals surface area contributed by atoms with Gasteiger partial charge in [-0.3, -0.25) is 9.48 Å². The lowest BCUT2D eigenvalue weighted by Crippen LogP contribution is -2.28. The van der Waals surface area contributed by atoms with Gasteiger partial charge < -0.3 is 5.32 Å². The summed E-state index contributed by atoms with van der Waals surface area (Å²) in [7, 11) is 0. The minimum absolute atomic E-state index is 0.00517. The van der Waals surface area contributed by atoms with Crippen LogP contribution < -0.4 is 5.32 Å². The van der Waals surface area contributed by atoms with E-state index < -0.39 is 0 Å². The molecule has 0 unspecified atom stereocenters. The van der Waals surface area contributed by atoms with Crippen LogP contribution in [0.3, 0.4) is 0 Å². The SMILES string of the molecule is CCCNC(=O)Cn1cc(-c2cccc3ccccc23)cn1. The van der Waals surface area contributed by atoms with Gasteiger partial charge in [0.2, 0.25) is 5.91 Å². The molecule has 3 aromatic rings. The number of nitrogens with zero attached hydrogens (tertiary/aromatic N) is 2. The van der Waals surface area contributed by atoms with E-state index in [-0.39, 0.29) is 12.5 Å². The molecular formula is C18H19N3O. The summed E-state index contributed by atoms with van der Waals surface area (Å²) in [5.41, 5.74) is 2.17. The van der Waals surface area contributed by atoms with Crippen molar-refractivity contribution >= 4 is 16.7 Å². The highest BCUT2D eigenvalue weighted by molar-refractivity contribution is 5.96. The van der Waals surface area contributed by atoms with E-state index in [0.717, 1.165) is 17.5 Å². The zero-order valence-electron chi connectivity index (χ0n) is 12.6. The molecule has 0 spiro atoms. The van der Waals surface area contributed by atoms with Gasteiger partial charge in [0.15, 0.2) is 0 Å². The quantitative estimate of drug-likeness (QED) is 0.785. The van der Waals surface area contributed by atoms with Crippen LogP contribution >= 0.6 is 0 Å². The van der Waals surface area contributed by atoms with E-state index in [0.29, 0.717) is 6.54 Å². The largest absolute Gasteiger partial charge is 0.355 e. The Labute approximate surface area is 129 Å². The Kier molecular flexibility index (Phi) is 4.19. The normalized spacial score (nSPS) is 10.8. The Bertz CT molecular complexity index is 786. The molecule has 22 heavy (non-hydrogen) atoms. The molecule has 0 radical (unpaired) electrons. The number of hydrogen-bond donors (Lipinski definition) is 1. The maximum Gasteiger partial charge on any atom is 0.241 e. The molecule has 1 aromatic heterocycles. The topological polar surface area (TPSA) is 46.9 Å². The van der Waals surface area contributed by atoms with Crippen molar-refractivity contribution in [2.75, 3.05) is 6.54 Å². The van der Waals surface area contributed by atoms with Gasteiger partial charge in [-0.05, 0) is 22.8 Å². The Morgan fingerprint density at radius 3 is 2.86 bits per heavy atom. The van der Waals surface area contributed by atoms with Gasteiger partial charge in [0.25, 0.3) is 0 Å². The number of carbonyl (C=O) groups is 1. The fourth-order valence-corrected chi connectivity index (χ4v) is 2.53. The maximum absolute atomic E-state index is 11.8. The molecular weight excluding hydrogens is 274 g/mol. The molecule has 0 aliphatic carbocycles. The average Bonchev–Trinajstić information content (AvgIpc) is 3.00. The molecule has 0 atom stereocenters. The van der Waals surface area contributed by atoms with Crippen molar-refractivity contribution in [2.24, 2.45) is 0 Å². The molecule has 3 rings (SSSR count). The third-order valence-electron chi connectivity index (χ3n) is 3.61. The number of fused-ring (bicyclic) bond motifs is 1. The molecule has 0 aliphatic rings. The van der Waals surface area contributed by atoms with Crippen LogP contribution in [0.25, 0.3) is 21.9 Å². The molecule has 4 heteroatoms. The van der Waals surface area contributed by atoms with Crippen LogP contribution in [0, 0.1) is 0 Å². The molecule has 112 valence electrons. The number of hydrogen-bond acceptors (Lipinski definition) is 2. The fraction of sp³-hybridized carbons (Fsp3) is 0.222. The second-order valence-electron chi connectivity index (χ2n) is 5.30. The summed E-state index contributed by atoms with van der Waals surface area (Å²) in [6, 6.07) is 14.5. The Hall–Kier alpha value is -2.62. The number of nitrogens with one attached hydrogen (secondary N) is 1. The molecule has 0 saturated heterocycles. The van der Waals surface area contributed by atoms with E-state index in [2.05, 4.69) is 34.7 Å². The van der Waals surface area contributed by atoms with Gasteiger partial charge in [0.05, 0.1) is 6.20 Å². The second-order valence-corrected chi connectivity index (χ2v) is 5.30. The summed E-state index contributed by atoms with van der Waals surface area (Å²) in [6.45, 7) is 2.99. The molecule has 4 nitrogen and oxygen atoms in total. The van der Waals surface area contributed by atoms with Gasteiger partial charge >= 0.3 is 0 Å². The van der Waals surface area contributed by atoms with Crippen LogP contribution in [0.2, 0.25) is 0 Å².